The van der Waals surface area contributed by atoms with E-state index in [9.17, 15) is 8.78 Å². The van der Waals surface area contributed by atoms with Crippen LogP contribution in [0.25, 0.3) is 0 Å². The van der Waals surface area contributed by atoms with Crippen molar-refractivity contribution >= 4 is 15.9 Å². The van der Waals surface area contributed by atoms with Crippen molar-refractivity contribution < 1.29 is 8.78 Å². The van der Waals surface area contributed by atoms with E-state index in [0.29, 0.717) is 24.1 Å². The molecule has 20 heavy (non-hydrogen) atoms. The smallest absolute Gasteiger partial charge is 0.128 e. The van der Waals surface area contributed by atoms with Crippen LogP contribution in [0.2, 0.25) is 0 Å². The first-order valence-electron chi connectivity index (χ1n) is 6.49. The van der Waals surface area contributed by atoms with Crippen molar-refractivity contribution in [3.05, 3.63) is 69.7 Å². The van der Waals surface area contributed by atoms with Crippen molar-refractivity contribution in [1.29, 1.82) is 0 Å². The van der Waals surface area contributed by atoms with Gasteiger partial charge in [-0.1, -0.05) is 34.1 Å². The highest BCUT2D eigenvalue weighted by molar-refractivity contribution is 9.10. The van der Waals surface area contributed by atoms with Gasteiger partial charge >= 0.3 is 0 Å². The van der Waals surface area contributed by atoms with E-state index in [1.165, 1.54) is 12.1 Å². The average molecular weight is 340 g/mol. The van der Waals surface area contributed by atoms with Crippen LogP contribution >= 0.6 is 15.9 Å². The van der Waals surface area contributed by atoms with E-state index in [1.807, 2.05) is 13.0 Å². The highest BCUT2D eigenvalue weighted by Crippen LogP contribution is 2.21. The maximum atomic E-state index is 13.7. The Morgan fingerprint density at radius 2 is 1.85 bits per heavy atom. The lowest BCUT2D eigenvalue weighted by Gasteiger charge is -2.15. The van der Waals surface area contributed by atoms with Crippen LogP contribution in [0, 0.1) is 11.6 Å². The molecule has 0 fully saturated rings. The summed E-state index contributed by atoms with van der Waals surface area (Å²) in [7, 11) is 0. The van der Waals surface area contributed by atoms with E-state index in [-0.39, 0.29) is 17.7 Å². The average Bonchev–Trinajstić information content (AvgIpc) is 2.43. The maximum Gasteiger partial charge on any atom is 0.128 e. The molecule has 2 aromatic carbocycles. The molecule has 2 rings (SSSR count). The SMILES string of the molecule is CC(NCCc1ccccc1F)c1cc(Br)ccc1F. The van der Waals surface area contributed by atoms with Crippen LogP contribution in [-0.4, -0.2) is 6.54 Å². The number of benzene rings is 2. The lowest BCUT2D eigenvalue weighted by Crippen LogP contribution is -2.22. The molecular formula is C16H16BrF2N. The summed E-state index contributed by atoms with van der Waals surface area (Å²) in [5, 5.41) is 3.22. The summed E-state index contributed by atoms with van der Waals surface area (Å²) < 4.78 is 28.0. The van der Waals surface area contributed by atoms with Crippen molar-refractivity contribution in [3.8, 4) is 0 Å². The van der Waals surface area contributed by atoms with Gasteiger partial charge in [-0.3, -0.25) is 0 Å². The summed E-state index contributed by atoms with van der Waals surface area (Å²) in [4.78, 5) is 0. The second-order valence-corrected chi connectivity index (χ2v) is 5.60. The minimum atomic E-state index is -0.237. The Labute approximate surface area is 126 Å². The van der Waals surface area contributed by atoms with Crippen molar-refractivity contribution in [2.75, 3.05) is 6.54 Å². The van der Waals surface area contributed by atoms with E-state index in [0.717, 1.165) is 4.47 Å². The highest BCUT2D eigenvalue weighted by Gasteiger charge is 2.11. The Morgan fingerprint density at radius 1 is 1.10 bits per heavy atom. The van der Waals surface area contributed by atoms with E-state index in [4.69, 9.17) is 0 Å². The summed E-state index contributed by atoms with van der Waals surface area (Å²) in [5.41, 5.74) is 1.27. The van der Waals surface area contributed by atoms with Gasteiger partial charge in [0.1, 0.15) is 11.6 Å². The zero-order chi connectivity index (χ0) is 14.5. The normalized spacial score (nSPS) is 12.4. The second kappa shape index (κ2) is 6.95. The molecule has 0 spiro atoms. The van der Waals surface area contributed by atoms with Gasteiger partial charge in [-0.2, -0.15) is 0 Å². The van der Waals surface area contributed by atoms with E-state index in [1.54, 1.807) is 24.3 Å². The molecule has 4 heteroatoms. The number of hydrogen-bond donors (Lipinski definition) is 1. The summed E-state index contributed by atoms with van der Waals surface area (Å²) in [6.45, 7) is 2.49. The number of hydrogen-bond acceptors (Lipinski definition) is 1. The maximum absolute atomic E-state index is 13.7. The van der Waals surface area contributed by atoms with Crippen LogP contribution in [0.1, 0.15) is 24.1 Å². The molecule has 0 radical (unpaired) electrons. The fraction of sp³-hybridized carbons (Fsp3) is 0.250. The van der Waals surface area contributed by atoms with Gasteiger partial charge in [0, 0.05) is 16.1 Å². The molecule has 0 amide bonds. The zero-order valence-electron chi connectivity index (χ0n) is 11.2. The molecule has 0 aliphatic carbocycles. The van der Waals surface area contributed by atoms with Gasteiger partial charge in [-0.05, 0) is 49.7 Å². The van der Waals surface area contributed by atoms with E-state index < -0.39 is 0 Å². The third-order valence-corrected chi connectivity index (χ3v) is 3.72. The Kier molecular flexibility index (Phi) is 5.26. The lowest BCUT2D eigenvalue weighted by molar-refractivity contribution is 0.525. The van der Waals surface area contributed by atoms with Crippen molar-refractivity contribution in [3.63, 3.8) is 0 Å². The molecule has 1 nitrogen and oxygen atoms in total. The topological polar surface area (TPSA) is 12.0 Å². The van der Waals surface area contributed by atoms with Gasteiger partial charge in [0.2, 0.25) is 0 Å². The van der Waals surface area contributed by atoms with Gasteiger partial charge in [-0.25, -0.2) is 8.78 Å². The van der Waals surface area contributed by atoms with Crippen LogP contribution in [0.15, 0.2) is 46.9 Å². The molecule has 0 heterocycles. The van der Waals surface area contributed by atoms with Gasteiger partial charge < -0.3 is 5.32 Å². The van der Waals surface area contributed by atoms with Crippen molar-refractivity contribution in [2.24, 2.45) is 0 Å². The minimum Gasteiger partial charge on any atom is -0.310 e. The van der Waals surface area contributed by atoms with Crippen LogP contribution in [-0.2, 0) is 6.42 Å². The molecule has 1 N–H and O–H groups in total. The summed E-state index contributed by atoms with van der Waals surface area (Å²) >= 11 is 3.33. The summed E-state index contributed by atoms with van der Waals surface area (Å²) in [6, 6.07) is 11.4. The Morgan fingerprint density at radius 3 is 2.60 bits per heavy atom. The summed E-state index contributed by atoms with van der Waals surface area (Å²) in [6.07, 6.45) is 0.576. The molecule has 0 saturated carbocycles. The molecule has 2 aromatic rings. The Bertz CT molecular complexity index is 586. The Balaban J connectivity index is 1.94. The van der Waals surface area contributed by atoms with Gasteiger partial charge in [-0.15, -0.1) is 0 Å². The fourth-order valence-corrected chi connectivity index (χ4v) is 2.46. The Hall–Kier alpha value is -1.26. The zero-order valence-corrected chi connectivity index (χ0v) is 12.8. The lowest BCUT2D eigenvalue weighted by atomic mass is 10.1. The predicted octanol–water partition coefficient (Wildman–Crippen LogP) is 4.62. The number of halogens is 3. The second-order valence-electron chi connectivity index (χ2n) is 4.68. The monoisotopic (exact) mass is 339 g/mol. The van der Waals surface area contributed by atoms with Crippen LogP contribution in [0.5, 0.6) is 0 Å². The first kappa shape index (κ1) is 15.1. The number of rotatable bonds is 5. The molecule has 1 unspecified atom stereocenters. The highest BCUT2D eigenvalue weighted by atomic mass is 79.9. The standard InChI is InChI=1S/C16H16BrF2N/c1-11(14-10-13(17)6-7-16(14)19)20-9-8-12-4-2-3-5-15(12)18/h2-7,10-11,20H,8-9H2,1H3. The molecule has 0 saturated heterocycles. The van der Waals surface area contributed by atoms with Crippen LogP contribution < -0.4 is 5.32 Å². The van der Waals surface area contributed by atoms with Gasteiger partial charge in [0.05, 0.1) is 0 Å². The first-order valence-corrected chi connectivity index (χ1v) is 7.29. The van der Waals surface area contributed by atoms with Gasteiger partial charge in [0.25, 0.3) is 0 Å². The quantitative estimate of drug-likeness (QED) is 0.837. The van der Waals surface area contributed by atoms with Crippen molar-refractivity contribution in [2.45, 2.75) is 19.4 Å². The molecule has 0 bridgehead atoms. The largest absolute Gasteiger partial charge is 0.310 e. The first-order chi connectivity index (χ1) is 9.58. The molecule has 106 valence electrons. The van der Waals surface area contributed by atoms with Crippen LogP contribution in [0.3, 0.4) is 0 Å². The van der Waals surface area contributed by atoms with Gasteiger partial charge in [0.15, 0.2) is 0 Å². The fourth-order valence-electron chi connectivity index (χ4n) is 2.08. The molecule has 0 aliphatic heterocycles. The molecular weight excluding hydrogens is 324 g/mol. The van der Waals surface area contributed by atoms with Crippen molar-refractivity contribution in [1.82, 2.24) is 5.32 Å². The third kappa shape index (κ3) is 3.87. The molecule has 0 aliphatic rings. The summed E-state index contributed by atoms with van der Waals surface area (Å²) in [5.74, 6) is -0.435. The molecule has 1 atom stereocenters. The van der Waals surface area contributed by atoms with E-state index in [2.05, 4.69) is 21.2 Å². The van der Waals surface area contributed by atoms with E-state index >= 15 is 0 Å². The molecule has 0 aromatic heterocycles. The minimum absolute atomic E-state index is 0.126. The predicted molar refractivity (Wildman–Crippen MR) is 80.6 cm³/mol. The number of nitrogens with one attached hydrogen (secondary N) is 1. The van der Waals surface area contributed by atoms with Crippen LogP contribution in [0.4, 0.5) is 8.78 Å². The third-order valence-electron chi connectivity index (χ3n) is 3.23.